The lowest BCUT2D eigenvalue weighted by Crippen LogP contribution is -2.26. The Labute approximate surface area is 96.6 Å². The van der Waals surface area contributed by atoms with Gasteiger partial charge in [-0.2, -0.15) is 0 Å². The van der Waals surface area contributed by atoms with E-state index in [-0.39, 0.29) is 12.0 Å². The van der Waals surface area contributed by atoms with Gasteiger partial charge in [-0.05, 0) is 18.4 Å². The predicted octanol–water partition coefficient (Wildman–Crippen LogP) is 3.13. The van der Waals surface area contributed by atoms with Crippen LogP contribution >= 0.6 is 0 Å². The van der Waals surface area contributed by atoms with E-state index in [2.05, 4.69) is 0 Å². The highest BCUT2D eigenvalue weighted by molar-refractivity contribution is 5.82. The quantitative estimate of drug-likeness (QED) is 0.779. The third kappa shape index (κ3) is 2.33. The normalized spacial score (nSPS) is 23.1. The molecule has 1 saturated carbocycles. The molecule has 2 nitrogen and oxygen atoms in total. The third-order valence-corrected chi connectivity index (χ3v) is 3.35. The molecule has 1 aromatic carbocycles. The zero-order valence-electron chi connectivity index (χ0n) is 9.69. The molecule has 1 aliphatic rings. The van der Waals surface area contributed by atoms with Gasteiger partial charge in [-0.1, -0.05) is 36.8 Å². The van der Waals surface area contributed by atoms with E-state index in [4.69, 9.17) is 4.74 Å². The first-order valence-electron chi connectivity index (χ1n) is 5.93. The molecule has 0 heterocycles. The van der Waals surface area contributed by atoms with Gasteiger partial charge >= 0.3 is 0 Å². The summed E-state index contributed by atoms with van der Waals surface area (Å²) in [7, 11) is 1.69. The van der Waals surface area contributed by atoms with Crippen molar-refractivity contribution >= 4 is 5.78 Å². The van der Waals surface area contributed by atoms with E-state index in [1.54, 1.807) is 7.11 Å². The minimum atomic E-state index is -0.0611. The number of hydrogen-bond donors (Lipinski definition) is 0. The smallest absolute Gasteiger partial charge is 0.138 e. The van der Waals surface area contributed by atoms with Gasteiger partial charge in [-0.15, -0.1) is 0 Å². The molecular formula is C14H18O2. The zero-order chi connectivity index (χ0) is 11.4. The Morgan fingerprint density at radius 1 is 1.25 bits per heavy atom. The van der Waals surface area contributed by atoms with Crippen molar-refractivity contribution in [3.8, 4) is 0 Å². The Kier molecular flexibility index (Phi) is 3.73. The van der Waals surface area contributed by atoms with E-state index in [1.165, 1.54) is 0 Å². The number of carbonyl (C=O) groups is 1. The third-order valence-electron chi connectivity index (χ3n) is 3.35. The van der Waals surface area contributed by atoms with Crippen LogP contribution in [0.25, 0.3) is 0 Å². The van der Waals surface area contributed by atoms with Gasteiger partial charge in [-0.3, -0.25) is 4.79 Å². The molecule has 1 fully saturated rings. The Morgan fingerprint density at radius 3 is 2.62 bits per heavy atom. The standard InChI is InChI=1S/C14H18O2/c1-16-14(11-7-3-2-4-8-11)12-9-5-6-10-13(12)15/h2-4,7-8,12,14H,5-6,9-10H2,1H3/t12-,14-/m0/s1. The van der Waals surface area contributed by atoms with E-state index in [1.807, 2.05) is 30.3 Å². The second-order valence-corrected chi connectivity index (χ2v) is 4.39. The zero-order valence-corrected chi connectivity index (χ0v) is 9.69. The van der Waals surface area contributed by atoms with Crippen LogP contribution < -0.4 is 0 Å². The summed E-state index contributed by atoms with van der Waals surface area (Å²) in [5.41, 5.74) is 1.12. The number of rotatable bonds is 3. The molecule has 0 N–H and O–H groups in total. The maximum absolute atomic E-state index is 11.9. The summed E-state index contributed by atoms with van der Waals surface area (Å²) in [6, 6.07) is 10.0. The van der Waals surface area contributed by atoms with E-state index in [9.17, 15) is 4.79 Å². The van der Waals surface area contributed by atoms with Gasteiger partial charge < -0.3 is 4.74 Å². The van der Waals surface area contributed by atoms with Gasteiger partial charge in [0.1, 0.15) is 5.78 Å². The molecule has 1 aromatic rings. The summed E-state index contributed by atoms with van der Waals surface area (Å²) in [4.78, 5) is 11.9. The van der Waals surface area contributed by atoms with Crippen molar-refractivity contribution in [1.29, 1.82) is 0 Å². The lowest BCUT2D eigenvalue weighted by atomic mass is 9.81. The Morgan fingerprint density at radius 2 is 2.00 bits per heavy atom. The lowest BCUT2D eigenvalue weighted by Gasteiger charge is -2.28. The SMILES string of the molecule is CO[C@@H](c1ccccc1)[C@H]1CCCCC1=O. The number of ether oxygens (including phenoxy) is 1. The van der Waals surface area contributed by atoms with Crippen LogP contribution in [-0.2, 0) is 9.53 Å². The van der Waals surface area contributed by atoms with Gasteiger partial charge in [0.25, 0.3) is 0 Å². The molecule has 0 aromatic heterocycles. The van der Waals surface area contributed by atoms with Crippen LogP contribution in [0, 0.1) is 5.92 Å². The van der Waals surface area contributed by atoms with Crippen molar-refractivity contribution < 1.29 is 9.53 Å². The number of carbonyl (C=O) groups excluding carboxylic acids is 1. The van der Waals surface area contributed by atoms with Crippen LogP contribution in [0.3, 0.4) is 0 Å². The van der Waals surface area contributed by atoms with Gasteiger partial charge in [-0.25, -0.2) is 0 Å². The highest BCUT2D eigenvalue weighted by atomic mass is 16.5. The minimum Gasteiger partial charge on any atom is -0.376 e. The average Bonchev–Trinajstić information content (AvgIpc) is 2.34. The van der Waals surface area contributed by atoms with Crippen molar-refractivity contribution in [2.75, 3.05) is 7.11 Å². The van der Waals surface area contributed by atoms with Crippen LogP contribution in [0.2, 0.25) is 0 Å². The molecule has 0 radical (unpaired) electrons. The fourth-order valence-corrected chi connectivity index (χ4v) is 2.51. The van der Waals surface area contributed by atoms with Gasteiger partial charge in [0.05, 0.1) is 6.10 Å². The number of Topliss-reactive ketones (excluding diaryl/α,β-unsaturated/α-hetero) is 1. The Bertz CT molecular complexity index is 345. The second-order valence-electron chi connectivity index (χ2n) is 4.39. The first-order valence-corrected chi connectivity index (χ1v) is 5.93. The summed E-state index contributed by atoms with van der Waals surface area (Å²) in [6.07, 6.45) is 3.81. The first kappa shape index (κ1) is 11.3. The van der Waals surface area contributed by atoms with Crippen LogP contribution in [0.5, 0.6) is 0 Å². The van der Waals surface area contributed by atoms with Gasteiger partial charge in [0.15, 0.2) is 0 Å². The number of methoxy groups -OCH3 is 1. The number of hydrogen-bond acceptors (Lipinski definition) is 2. The van der Waals surface area contributed by atoms with Gasteiger partial charge in [0.2, 0.25) is 0 Å². The van der Waals surface area contributed by atoms with Crippen molar-refractivity contribution in [2.45, 2.75) is 31.8 Å². The molecule has 1 aliphatic carbocycles. The van der Waals surface area contributed by atoms with Gasteiger partial charge in [0, 0.05) is 19.4 Å². The van der Waals surface area contributed by atoms with Crippen LogP contribution in [0.4, 0.5) is 0 Å². The fourth-order valence-electron chi connectivity index (χ4n) is 2.51. The Balaban J connectivity index is 2.18. The highest BCUT2D eigenvalue weighted by Gasteiger charge is 2.31. The van der Waals surface area contributed by atoms with E-state index < -0.39 is 0 Å². The number of ketones is 1. The molecular weight excluding hydrogens is 200 g/mol. The summed E-state index contributed by atoms with van der Waals surface area (Å²) >= 11 is 0. The molecule has 0 bridgehead atoms. The fraction of sp³-hybridized carbons (Fsp3) is 0.500. The molecule has 2 rings (SSSR count). The van der Waals surface area contributed by atoms with E-state index in [0.717, 1.165) is 31.2 Å². The molecule has 0 unspecified atom stereocenters. The van der Waals surface area contributed by atoms with Crippen molar-refractivity contribution in [3.05, 3.63) is 35.9 Å². The number of benzene rings is 1. The topological polar surface area (TPSA) is 26.3 Å². The maximum Gasteiger partial charge on any atom is 0.138 e. The highest BCUT2D eigenvalue weighted by Crippen LogP contribution is 2.34. The minimum absolute atomic E-state index is 0.0566. The molecule has 2 atom stereocenters. The average molecular weight is 218 g/mol. The summed E-state index contributed by atoms with van der Waals surface area (Å²) in [6.45, 7) is 0. The van der Waals surface area contributed by atoms with Crippen LogP contribution in [-0.4, -0.2) is 12.9 Å². The molecule has 0 spiro atoms. The van der Waals surface area contributed by atoms with Crippen LogP contribution in [0.1, 0.15) is 37.4 Å². The van der Waals surface area contributed by atoms with Crippen molar-refractivity contribution in [3.63, 3.8) is 0 Å². The van der Waals surface area contributed by atoms with E-state index in [0.29, 0.717) is 5.78 Å². The molecule has 16 heavy (non-hydrogen) atoms. The Hall–Kier alpha value is -1.15. The second kappa shape index (κ2) is 5.26. The molecule has 0 amide bonds. The van der Waals surface area contributed by atoms with Crippen molar-refractivity contribution in [1.82, 2.24) is 0 Å². The van der Waals surface area contributed by atoms with E-state index >= 15 is 0 Å². The monoisotopic (exact) mass is 218 g/mol. The summed E-state index contributed by atoms with van der Waals surface area (Å²) < 4.78 is 5.53. The maximum atomic E-state index is 11.9. The van der Waals surface area contributed by atoms with Crippen molar-refractivity contribution in [2.24, 2.45) is 5.92 Å². The summed E-state index contributed by atoms with van der Waals surface area (Å²) in [5, 5.41) is 0. The molecule has 86 valence electrons. The van der Waals surface area contributed by atoms with Crippen LogP contribution in [0.15, 0.2) is 30.3 Å². The first-order chi connectivity index (χ1) is 7.83. The lowest BCUT2D eigenvalue weighted by molar-refractivity contribution is -0.129. The predicted molar refractivity (Wildman–Crippen MR) is 63.2 cm³/mol. The largest absolute Gasteiger partial charge is 0.376 e. The molecule has 2 heteroatoms. The molecule has 0 saturated heterocycles. The molecule has 0 aliphatic heterocycles. The summed E-state index contributed by atoms with van der Waals surface area (Å²) in [5.74, 6) is 0.420.